The first-order chi connectivity index (χ1) is 10.9. The summed E-state index contributed by atoms with van der Waals surface area (Å²) in [4.78, 5) is 0.353. The smallest absolute Gasteiger partial charge is 0.246 e. The molecule has 0 atom stereocenters. The first kappa shape index (κ1) is 20.2. The second-order valence-electron chi connectivity index (χ2n) is 6.28. The first-order valence-electron chi connectivity index (χ1n) is 8.93. The summed E-state index contributed by atoms with van der Waals surface area (Å²) in [5.74, 6) is 0. The molecule has 5 nitrogen and oxygen atoms in total. The fourth-order valence-electron chi connectivity index (χ4n) is 2.75. The van der Waals surface area contributed by atoms with Crippen molar-refractivity contribution >= 4 is 10.0 Å². The van der Waals surface area contributed by atoms with Gasteiger partial charge in [-0.2, -0.15) is 9.40 Å². The molecule has 134 valence electrons. The van der Waals surface area contributed by atoms with E-state index >= 15 is 0 Å². The highest BCUT2D eigenvalue weighted by Gasteiger charge is 2.27. The molecule has 0 fully saturated rings. The van der Waals surface area contributed by atoms with Gasteiger partial charge in [0, 0.05) is 26.3 Å². The van der Waals surface area contributed by atoms with Crippen LogP contribution in [-0.4, -0.2) is 35.6 Å². The van der Waals surface area contributed by atoms with Crippen LogP contribution >= 0.6 is 0 Å². The number of rotatable bonds is 12. The maximum Gasteiger partial charge on any atom is 0.246 e. The second-order valence-corrected chi connectivity index (χ2v) is 8.18. The Labute approximate surface area is 142 Å². The topological polar surface area (TPSA) is 55.2 Å². The van der Waals surface area contributed by atoms with Gasteiger partial charge in [-0.25, -0.2) is 8.42 Å². The highest BCUT2D eigenvalue weighted by molar-refractivity contribution is 7.89. The zero-order valence-electron chi connectivity index (χ0n) is 15.2. The Bertz CT molecular complexity index is 540. The molecule has 0 unspecified atom stereocenters. The van der Waals surface area contributed by atoms with Gasteiger partial charge >= 0.3 is 0 Å². The molecule has 1 aromatic heterocycles. The average Bonchev–Trinajstić information content (AvgIpc) is 2.85. The van der Waals surface area contributed by atoms with Crippen LogP contribution in [0.25, 0.3) is 0 Å². The second kappa shape index (κ2) is 10.1. The van der Waals surface area contributed by atoms with Gasteiger partial charge in [-0.3, -0.25) is 4.68 Å². The molecule has 0 radical (unpaired) electrons. The minimum atomic E-state index is -3.44. The van der Waals surface area contributed by atoms with Crippen LogP contribution in [0.5, 0.6) is 0 Å². The van der Waals surface area contributed by atoms with Crippen LogP contribution in [-0.2, 0) is 17.1 Å². The molecule has 6 heteroatoms. The summed E-state index contributed by atoms with van der Waals surface area (Å²) in [6.07, 6.45) is 10.3. The van der Waals surface area contributed by atoms with Crippen LogP contribution in [0.15, 0.2) is 11.1 Å². The Morgan fingerprint density at radius 2 is 1.52 bits per heavy atom. The van der Waals surface area contributed by atoms with Crippen LogP contribution in [0.3, 0.4) is 0 Å². The largest absolute Gasteiger partial charge is 0.274 e. The van der Waals surface area contributed by atoms with Crippen molar-refractivity contribution in [2.24, 2.45) is 7.05 Å². The highest BCUT2D eigenvalue weighted by Crippen LogP contribution is 2.20. The Morgan fingerprint density at radius 3 is 1.91 bits per heavy atom. The average molecular weight is 344 g/mol. The van der Waals surface area contributed by atoms with E-state index in [1.54, 1.807) is 29.2 Å². The van der Waals surface area contributed by atoms with E-state index in [2.05, 4.69) is 18.9 Å². The van der Waals surface area contributed by atoms with Crippen LogP contribution in [0.1, 0.15) is 70.9 Å². The van der Waals surface area contributed by atoms with Crippen molar-refractivity contribution in [2.75, 3.05) is 13.1 Å². The number of sulfonamides is 1. The van der Waals surface area contributed by atoms with Gasteiger partial charge in [-0.1, -0.05) is 52.4 Å². The molecule has 0 N–H and O–H groups in total. The lowest BCUT2D eigenvalue weighted by atomic mass is 10.2. The van der Waals surface area contributed by atoms with Crippen LogP contribution in [0, 0.1) is 6.92 Å². The molecule has 0 aliphatic heterocycles. The monoisotopic (exact) mass is 343 g/mol. The molecule has 0 bridgehead atoms. The first-order valence-corrected chi connectivity index (χ1v) is 10.4. The fraction of sp³-hybridized carbons (Fsp3) is 0.824. The minimum Gasteiger partial charge on any atom is -0.274 e. The lowest BCUT2D eigenvalue weighted by molar-refractivity contribution is 0.385. The van der Waals surface area contributed by atoms with Crippen molar-refractivity contribution in [2.45, 2.75) is 77.0 Å². The van der Waals surface area contributed by atoms with Gasteiger partial charge in [0.2, 0.25) is 10.0 Å². The van der Waals surface area contributed by atoms with Gasteiger partial charge in [0.05, 0.1) is 5.69 Å². The maximum atomic E-state index is 13.0. The minimum absolute atomic E-state index is 0.353. The number of hydrogen-bond acceptors (Lipinski definition) is 3. The Kier molecular flexibility index (Phi) is 8.84. The summed E-state index contributed by atoms with van der Waals surface area (Å²) in [5, 5.41) is 4.19. The molecule has 23 heavy (non-hydrogen) atoms. The van der Waals surface area contributed by atoms with E-state index < -0.39 is 10.0 Å². The Hall–Kier alpha value is -0.880. The fourth-order valence-corrected chi connectivity index (χ4v) is 4.47. The number of aromatic nitrogens is 2. The molecule has 0 aliphatic rings. The van der Waals surface area contributed by atoms with Crippen molar-refractivity contribution in [3.63, 3.8) is 0 Å². The van der Waals surface area contributed by atoms with Gasteiger partial charge in [0.1, 0.15) is 4.90 Å². The molecular weight excluding hydrogens is 310 g/mol. The summed E-state index contributed by atoms with van der Waals surface area (Å²) in [6.45, 7) is 7.32. The van der Waals surface area contributed by atoms with Crippen molar-refractivity contribution in [1.82, 2.24) is 14.1 Å². The quantitative estimate of drug-likeness (QED) is 0.541. The summed E-state index contributed by atoms with van der Waals surface area (Å²) >= 11 is 0. The predicted octanol–water partition coefficient (Wildman–Crippen LogP) is 3.88. The van der Waals surface area contributed by atoms with Crippen molar-refractivity contribution in [1.29, 1.82) is 0 Å². The molecule has 0 amide bonds. The third kappa shape index (κ3) is 6.26. The Balaban J connectivity index is 2.80. The van der Waals surface area contributed by atoms with Crippen molar-refractivity contribution in [3.8, 4) is 0 Å². The van der Waals surface area contributed by atoms with Crippen molar-refractivity contribution in [3.05, 3.63) is 11.9 Å². The van der Waals surface area contributed by atoms with E-state index in [0.29, 0.717) is 23.7 Å². The van der Waals surface area contributed by atoms with Gasteiger partial charge in [-0.15, -0.1) is 0 Å². The van der Waals surface area contributed by atoms with Gasteiger partial charge in [-0.05, 0) is 19.8 Å². The third-order valence-electron chi connectivity index (χ3n) is 4.11. The zero-order chi connectivity index (χ0) is 17.3. The summed E-state index contributed by atoms with van der Waals surface area (Å²) < 4.78 is 29.2. The summed E-state index contributed by atoms with van der Waals surface area (Å²) in [6, 6.07) is 0. The van der Waals surface area contributed by atoms with Crippen LogP contribution < -0.4 is 0 Å². The molecule has 0 saturated heterocycles. The molecule has 0 aromatic carbocycles. The SMILES string of the molecule is CCCCCCN(CCCCCC)S(=O)(=O)c1cn(C)nc1C. The van der Waals surface area contributed by atoms with Crippen LogP contribution in [0.4, 0.5) is 0 Å². The molecule has 0 saturated carbocycles. The van der Waals surface area contributed by atoms with Gasteiger partial charge in [0.25, 0.3) is 0 Å². The zero-order valence-corrected chi connectivity index (χ0v) is 16.0. The lowest BCUT2D eigenvalue weighted by Crippen LogP contribution is -2.33. The van der Waals surface area contributed by atoms with E-state index in [1.165, 1.54) is 0 Å². The normalized spacial score (nSPS) is 12.2. The van der Waals surface area contributed by atoms with E-state index in [4.69, 9.17) is 0 Å². The standard InChI is InChI=1S/C17H33N3O2S/c1-5-7-9-11-13-20(14-12-10-8-6-2)23(21,22)17-15-19(4)18-16(17)3/h15H,5-14H2,1-4H3. The number of aryl methyl sites for hydroxylation is 2. The van der Waals surface area contributed by atoms with E-state index in [1.807, 2.05) is 0 Å². The molecule has 0 aliphatic carbocycles. The van der Waals surface area contributed by atoms with Crippen molar-refractivity contribution < 1.29 is 8.42 Å². The summed E-state index contributed by atoms with van der Waals surface area (Å²) in [7, 11) is -1.67. The number of hydrogen-bond donors (Lipinski definition) is 0. The number of unbranched alkanes of at least 4 members (excludes halogenated alkanes) is 6. The predicted molar refractivity (Wildman–Crippen MR) is 95.0 cm³/mol. The molecule has 1 heterocycles. The maximum absolute atomic E-state index is 13.0. The highest BCUT2D eigenvalue weighted by atomic mass is 32.2. The molecule has 1 aromatic rings. The van der Waals surface area contributed by atoms with E-state index in [9.17, 15) is 8.42 Å². The lowest BCUT2D eigenvalue weighted by Gasteiger charge is -2.22. The van der Waals surface area contributed by atoms with E-state index in [0.717, 1.165) is 51.4 Å². The molecular formula is C17H33N3O2S. The van der Waals surface area contributed by atoms with Gasteiger partial charge < -0.3 is 0 Å². The third-order valence-corrected chi connectivity index (χ3v) is 6.11. The summed E-state index contributed by atoms with van der Waals surface area (Å²) in [5.41, 5.74) is 0.583. The van der Waals surface area contributed by atoms with E-state index in [-0.39, 0.29) is 0 Å². The van der Waals surface area contributed by atoms with Crippen LogP contribution in [0.2, 0.25) is 0 Å². The van der Waals surface area contributed by atoms with Gasteiger partial charge in [0.15, 0.2) is 0 Å². The number of nitrogens with zero attached hydrogens (tertiary/aromatic N) is 3. The Morgan fingerprint density at radius 1 is 1.00 bits per heavy atom. The molecule has 1 rings (SSSR count). The molecule has 0 spiro atoms.